The molecule has 0 bridgehead atoms. The first-order valence-corrected chi connectivity index (χ1v) is 8.86. The van der Waals surface area contributed by atoms with Crippen LogP contribution in [0.1, 0.15) is 16.1 Å². The van der Waals surface area contributed by atoms with E-state index in [1.54, 1.807) is 0 Å². The highest BCUT2D eigenvalue weighted by molar-refractivity contribution is 5.91. The van der Waals surface area contributed by atoms with Crippen LogP contribution in [0.2, 0.25) is 0 Å². The van der Waals surface area contributed by atoms with Crippen molar-refractivity contribution in [2.75, 3.05) is 26.2 Å². The molecule has 26 heavy (non-hydrogen) atoms. The Morgan fingerprint density at radius 2 is 1.58 bits per heavy atom. The summed E-state index contributed by atoms with van der Waals surface area (Å²) in [7, 11) is 0. The van der Waals surface area contributed by atoms with Gasteiger partial charge in [-0.15, -0.1) is 0 Å². The van der Waals surface area contributed by atoms with Crippen LogP contribution >= 0.6 is 0 Å². The van der Waals surface area contributed by atoms with Gasteiger partial charge in [-0.3, -0.25) is 9.69 Å². The number of oxazole rings is 1. The molecule has 0 aliphatic carbocycles. The predicted octanol–water partition coefficient (Wildman–Crippen LogP) is 3.30. The number of carbonyl (C=O) groups is 1. The van der Waals surface area contributed by atoms with Crippen LogP contribution in [0.15, 0.2) is 71.3 Å². The minimum Gasteiger partial charge on any atom is -0.431 e. The van der Waals surface area contributed by atoms with Gasteiger partial charge in [-0.1, -0.05) is 48.5 Å². The molecule has 5 nitrogen and oxygen atoms in total. The Kier molecular flexibility index (Phi) is 4.80. The van der Waals surface area contributed by atoms with Gasteiger partial charge in [0, 0.05) is 38.3 Å². The summed E-state index contributed by atoms with van der Waals surface area (Å²) in [5.74, 6) is 0.705. The van der Waals surface area contributed by atoms with Crippen LogP contribution in [0, 0.1) is 0 Å². The number of piperazine rings is 1. The summed E-state index contributed by atoms with van der Waals surface area (Å²) >= 11 is 0. The molecular weight excluding hydrogens is 326 g/mol. The van der Waals surface area contributed by atoms with Gasteiger partial charge in [-0.05, 0) is 17.7 Å². The standard InChI is InChI=1S/C21H21N3O2/c25-21(19-15-22-20(26-19)18-9-5-2-6-10-18)24-13-11-23(12-14-24)16-17-7-3-1-4-8-17/h1-10,15H,11-14,16H2. The molecule has 2 aromatic carbocycles. The van der Waals surface area contributed by atoms with Gasteiger partial charge in [0.2, 0.25) is 11.7 Å². The Bertz CT molecular complexity index is 853. The second-order valence-electron chi connectivity index (χ2n) is 6.45. The highest BCUT2D eigenvalue weighted by Crippen LogP contribution is 2.20. The van der Waals surface area contributed by atoms with Crippen LogP contribution in [0.3, 0.4) is 0 Å². The summed E-state index contributed by atoms with van der Waals surface area (Å²) in [6.45, 7) is 4.05. The summed E-state index contributed by atoms with van der Waals surface area (Å²) in [5.41, 5.74) is 2.18. The lowest BCUT2D eigenvalue weighted by atomic mass is 10.2. The van der Waals surface area contributed by atoms with Crippen molar-refractivity contribution in [3.63, 3.8) is 0 Å². The van der Waals surface area contributed by atoms with E-state index in [0.29, 0.717) is 24.7 Å². The molecule has 1 aliphatic rings. The van der Waals surface area contributed by atoms with E-state index in [1.807, 2.05) is 41.3 Å². The molecule has 3 aromatic rings. The van der Waals surface area contributed by atoms with Crippen molar-refractivity contribution in [3.8, 4) is 11.5 Å². The molecule has 5 heteroatoms. The van der Waals surface area contributed by atoms with Crippen LogP contribution in [-0.4, -0.2) is 46.9 Å². The fourth-order valence-electron chi connectivity index (χ4n) is 3.19. The van der Waals surface area contributed by atoms with Crippen LogP contribution < -0.4 is 0 Å². The maximum atomic E-state index is 12.7. The number of carbonyl (C=O) groups excluding carboxylic acids is 1. The van der Waals surface area contributed by atoms with Crippen molar-refractivity contribution in [3.05, 3.63) is 78.2 Å². The van der Waals surface area contributed by atoms with Crippen molar-refractivity contribution in [2.45, 2.75) is 6.54 Å². The van der Waals surface area contributed by atoms with Gasteiger partial charge in [0.05, 0.1) is 6.20 Å². The number of hydrogen-bond acceptors (Lipinski definition) is 4. The van der Waals surface area contributed by atoms with E-state index >= 15 is 0 Å². The number of hydrogen-bond donors (Lipinski definition) is 0. The third-order valence-corrected chi connectivity index (χ3v) is 4.65. The van der Waals surface area contributed by atoms with Gasteiger partial charge in [-0.25, -0.2) is 4.98 Å². The summed E-state index contributed by atoms with van der Waals surface area (Å²) in [4.78, 5) is 21.1. The Labute approximate surface area is 152 Å². The predicted molar refractivity (Wildman–Crippen MR) is 99.6 cm³/mol. The van der Waals surface area contributed by atoms with Gasteiger partial charge in [0.1, 0.15) is 0 Å². The molecule has 132 valence electrons. The molecule has 0 radical (unpaired) electrons. The summed E-state index contributed by atoms with van der Waals surface area (Å²) in [5, 5.41) is 0. The number of benzene rings is 2. The van der Waals surface area contributed by atoms with E-state index in [9.17, 15) is 4.79 Å². The number of rotatable bonds is 4. The zero-order valence-electron chi connectivity index (χ0n) is 14.5. The third kappa shape index (κ3) is 3.68. The first-order chi connectivity index (χ1) is 12.8. The number of nitrogens with zero attached hydrogens (tertiary/aromatic N) is 3. The normalized spacial score (nSPS) is 15.2. The van der Waals surface area contributed by atoms with Gasteiger partial charge in [0.25, 0.3) is 5.91 Å². The lowest BCUT2D eigenvalue weighted by Gasteiger charge is -2.34. The molecule has 1 fully saturated rings. The summed E-state index contributed by atoms with van der Waals surface area (Å²) < 4.78 is 5.69. The molecule has 4 rings (SSSR count). The molecule has 0 saturated carbocycles. The fourth-order valence-corrected chi connectivity index (χ4v) is 3.19. The van der Waals surface area contributed by atoms with E-state index in [-0.39, 0.29) is 5.91 Å². The monoisotopic (exact) mass is 347 g/mol. The number of aromatic nitrogens is 1. The smallest absolute Gasteiger partial charge is 0.291 e. The summed E-state index contributed by atoms with van der Waals surface area (Å²) in [6.07, 6.45) is 1.53. The first kappa shape index (κ1) is 16.5. The van der Waals surface area contributed by atoms with Crippen LogP contribution in [0.25, 0.3) is 11.5 Å². The first-order valence-electron chi connectivity index (χ1n) is 8.86. The minimum absolute atomic E-state index is 0.0842. The van der Waals surface area contributed by atoms with Gasteiger partial charge >= 0.3 is 0 Å². The SMILES string of the molecule is O=C(c1cnc(-c2ccccc2)o1)N1CCN(Cc2ccccc2)CC1. The van der Waals surface area contributed by atoms with Crippen LogP contribution in [-0.2, 0) is 6.54 Å². The topological polar surface area (TPSA) is 49.6 Å². The fraction of sp³-hybridized carbons (Fsp3) is 0.238. The minimum atomic E-state index is -0.0842. The molecule has 1 saturated heterocycles. The molecule has 1 amide bonds. The molecule has 1 aliphatic heterocycles. The second-order valence-corrected chi connectivity index (χ2v) is 6.45. The molecule has 0 N–H and O–H groups in total. The maximum Gasteiger partial charge on any atom is 0.291 e. The van der Waals surface area contributed by atoms with E-state index in [0.717, 1.165) is 25.2 Å². The largest absolute Gasteiger partial charge is 0.431 e. The highest BCUT2D eigenvalue weighted by Gasteiger charge is 2.25. The van der Waals surface area contributed by atoms with E-state index in [4.69, 9.17) is 4.42 Å². The van der Waals surface area contributed by atoms with Gasteiger partial charge < -0.3 is 9.32 Å². The molecule has 0 spiro atoms. The zero-order valence-corrected chi connectivity index (χ0v) is 14.5. The average molecular weight is 347 g/mol. The van der Waals surface area contributed by atoms with E-state index in [1.165, 1.54) is 11.8 Å². The third-order valence-electron chi connectivity index (χ3n) is 4.65. The van der Waals surface area contributed by atoms with Crippen molar-refractivity contribution in [2.24, 2.45) is 0 Å². The van der Waals surface area contributed by atoms with Crippen molar-refractivity contribution < 1.29 is 9.21 Å². The van der Waals surface area contributed by atoms with E-state index in [2.05, 4.69) is 34.1 Å². The van der Waals surface area contributed by atoms with E-state index < -0.39 is 0 Å². The average Bonchev–Trinajstić information content (AvgIpc) is 3.20. The molecule has 2 heterocycles. The Morgan fingerprint density at radius 1 is 0.923 bits per heavy atom. The van der Waals surface area contributed by atoms with Crippen LogP contribution in [0.5, 0.6) is 0 Å². The molecular formula is C21H21N3O2. The van der Waals surface area contributed by atoms with Crippen molar-refractivity contribution in [1.82, 2.24) is 14.8 Å². The van der Waals surface area contributed by atoms with Gasteiger partial charge in [0.15, 0.2) is 0 Å². The highest BCUT2D eigenvalue weighted by atomic mass is 16.4. The van der Waals surface area contributed by atoms with Crippen LogP contribution in [0.4, 0.5) is 0 Å². The zero-order chi connectivity index (χ0) is 17.8. The summed E-state index contributed by atoms with van der Waals surface area (Å²) in [6, 6.07) is 20.0. The van der Waals surface area contributed by atoms with Gasteiger partial charge in [-0.2, -0.15) is 0 Å². The number of amides is 1. The van der Waals surface area contributed by atoms with Crippen molar-refractivity contribution >= 4 is 5.91 Å². The van der Waals surface area contributed by atoms with Crippen molar-refractivity contribution in [1.29, 1.82) is 0 Å². The lowest BCUT2D eigenvalue weighted by molar-refractivity contribution is 0.0598. The lowest BCUT2D eigenvalue weighted by Crippen LogP contribution is -2.48. The quantitative estimate of drug-likeness (QED) is 0.727. The second kappa shape index (κ2) is 7.54. The Balaban J connectivity index is 1.36. The molecule has 1 aromatic heterocycles. The molecule has 0 unspecified atom stereocenters. The maximum absolute atomic E-state index is 12.7. The molecule has 0 atom stereocenters. The Morgan fingerprint density at radius 3 is 2.27 bits per heavy atom. The Hall–Kier alpha value is -2.92.